The second-order valence-corrected chi connectivity index (χ2v) is 5.06. The van der Waals surface area contributed by atoms with Gasteiger partial charge in [0.1, 0.15) is 0 Å². The number of benzene rings is 1. The van der Waals surface area contributed by atoms with Gasteiger partial charge in [-0.25, -0.2) is 0 Å². The molecule has 0 unspecified atom stereocenters. The van der Waals surface area contributed by atoms with Crippen LogP contribution < -0.4 is 0 Å². The predicted octanol–water partition coefficient (Wildman–Crippen LogP) is 2.57. The highest BCUT2D eigenvalue weighted by atomic mass is 16.3. The summed E-state index contributed by atoms with van der Waals surface area (Å²) in [5, 5.41) is 19.6. The van der Waals surface area contributed by atoms with Gasteiger partial charge in [-0.05, 0) is 55.2 Å². The van der Waals surface area contributed by atoms with Crippen LogP contribution in [0.5, 0.6) is 0 Å². The molecule has 3 rings (SSSR count). The monoisotopic (exact) mass is 213 g/mol. The van der Waals surface area contributed by atoms with Crippen LogP contribution in [-0.4, -0.2) is 5.11 Å². The van der Waals surface area contributed by atoms with Crippen molar-refractivity contribution in [2.45, 2.75) is 31.3 Å². The Kier molecular flexibility index (Phi) is 2.05. The third kappa shape index (κ3) is 1.44. The van der Waals surface area contributed by atoms with Crippen LogP contribution in [0.4, 0.5) is 0 Å². The van der Waals surface area contributed by atoms with Gasteiger partial charge < -0.3 is 5.11 Å². The van der Waals surface area contributed by atoms with Crippen molar-refractivity contribution in [3.63, 3.8) is 0 Å². The van der Waals surface area contributed by atoms with Crippen LogP contribution in [0.15, 0.2) is 24.3 Å². The molecule has 2 saturated carbocycles. The van der Waals surface area contributed by atoms with Crippen molar-refractivity contribution in [2.24, 2.45) is 11.8 Å². The van der Waals surface area contributed by atoms with Crippen molar-refractivity contribution in [1.29, 1.82) is 5.26 Å². The molecule has 0 atom stereocenters. The summed E-state index contributed by atoms with van der Waals surface area (Å²) in [6.07, 6.45) is 4.58. The minimum atomic E-state index is -0.603. The number of hydrogen-bond acceptors (Lipinski definition) is 2. The van der Waals surface area contributed by atoms with Crippen LogP contribution in [0.2, 0.25) is 0 Å². The molecule has 1 aromatic rings. The topological polar surface area (TPSA) is 44.0 Å². The highest BCUT2D eigenvalue weighted by Gasteiger charge is 2.54. The van der Waals surface area contributed by atoms with Gasteiger partial charge in [0.15, 0.2) is 0 Å². The zero-order chi connectivity index (χ0) is 11.2. The average Bonchev–Trinajstić information content (AvgIpc) is 3.20. The quantitative estimate of drug-likeness (QED) is 0.838. The number of nitriles is 1. The van der Waals surface area contributed by atoms with Gasteiger partial charge in [-0.15, -0.1) is 0 Å². The Balaban J connectivity index is 1.96. The molecular weight excluding hydrogens is 198 g/mol. The average molecular weight is 213 g/mol. The first-order valence-electron chi connectivity index (χ1n) is 5.98. The van der Waals surface area contributed by atoms with Crippen LogP contribution in [-0.2, 0) is 5.60 Å². The zero-order valence-electron chi connectivity index (χ0n) is 9.19. The number of rotatable bonds is 3. The summed E-state index contributed by atoms with van der Waals surface area (Å²) < 4.78 is 0. The minimum absolute atomic E-state index is 0.452. The minimum Gasteiger partial charge on any atom is -0.385 e. The van der Waals surface area contributed by atoms with E-state index in [1.807, 2.05) is 24.3 Å². The highest BCUT2D eigenvalue weighted by Crippen LogP contribution is 2.57. The maximum atomic E-state index is 10.8. The van der Waals surface area contributed by atoms with Crippen LogP contribution >= 0.6 is 0 Å². The molecule has 2 aliphatic rings. The lowest BCUT2D eigenvalue weighted by atomic mass is 9.84. The summed E-state index contributed by atoms with van der Waals surface area (Å²) in [4.78, 5) is 0. The Bertz CT molecular complexity index is 423. The van der Waals surface area contributed by atoms with Gasteiger partial charge in [-0.1, -0.05) is 12.1 Å². The van der Waals surface area contributed by atoms with Gasteiger partial charge in [-0.2, -0.15) is 5.26 Å². The van der Waals surface area contributed by atoms with Crippen molar-refractivity contribution in [3.05, 3.63) is 35.4 Å². The number of nitrogens with zero attached hydrogens (tertiary/aromatic N) is 1. The SMILES string of the molecule is N#Cc1ccc(C(O)(C2CC2)C2CC2)cc1. The van der Waals surface area contributed by atoms with Crippen LogP contribution in [0.3, 0.4) is 0 Å². The first-order valence-corrected chi connectivity index (χ1v) is 5.98. The zero-order valence-corrected chi connectivity index (χ0v) is 9.19. The van der Waals surface area contributed by atoms with E-state index in [1.165, 1.54) is 0 Å². The molecular formula is C14H15NO. The third-order valence-corrected chi connectivity index (χ3v) is 3.88. The molecule has 0 saturated heterocycles. The van der Waals surface area contributed by atoms with Gasteiger partial charge in [0, 0.05) is 0 Å². The van der Waals surface area contributed by atoms with Gasteiger partial charge in [0.05, 0.1) is 17.2 Å². The molecule has 1 N–H and O–H groups in total. The maximum Gasteiger partial charge on any atom is 0.0991 e. The number of hydrogen-bond donors (Lipinski definition) is 1. The lowest BCUT2D eigenvalue weighted by molar-refractivity contribution is -0.0102. The van der Waals surface area contributed by atoms with Crippen molar-refractivity contribution in [1.82, 2.24) is 0 Å². The molecule has 0 radical (unpaired) electrons. The van der Waals surface area contributed by atoms with E-state index in [9.17, 15) is 5.11 Å². The van der Waals surface area contributed by atoms with E-state index < -0.39 is 5.60 Å². The molecule has 0 bridgehead atoms. The smallest absolute Gasteiger partial charge is 0.0991 e. The van der Waals surface area contributed by atoms with Crippen LogP contribution in [0.25, 0.3) is 0 Å². The standard InChI is InChI=1S/C14H15NO/c15-9-10-1-3-11(4-2-10)14(16,12-5-6-12)13-7-8-13/h1-4,12-13,16H,5-8H2. The Morgan fingerprint density at radius 3 is 1.94 bits per heavy atom. The van der Waals surface area contributed by atoms with E-state index in [0.717, 1.165) is 31.2 Å². The Morgan fingerprint density at radius 1 is 1.06 bits per heavy atom. The molecule has 16 heavy (non-hydrogen) atoms. The lowest BCUT2D eigenvalue weighted by Crippen LogP contribution is -2.30. The Morgan fingerprint density at radius 2 is 1.56 bits per heavy atom. The van der Waals surface area contributed by atoms with E-state index in [-0.39, 0.29) is 0 Å². The van der Waals surface area contributed by atoms with E-state index in [4.69, 9.17) is 5.26 Å². The second kappa shape index (κ2) is 3.33. The van der Waals surface area contributed by atoms with E-state index in [1.54, 1.807) is 0 Å². The summed E-state index contributed by atoms with van der Waals surface area (Å²) in [7, 11) is 0. The predicted molar refractivity (Wildman–Crippen MR) is 60.5 cm³/mol. The third-order valence-electron chi connectivity index (χ3n) is 3.88. The molecule has 2 nitrogen and oxygen atoms in total. The maximum absolute atomic E-state index is 10.8. The van der Waals surface area contributed by atoms with Crippen LogP contribution in [0.1, 0.15) is 36.8 Å². The molecule has 0 heterocycles. The summed E-state index contributed by atoms with van der Waals surface area (Å²) >= 11 is 0. The fourth-order valence-corrected chi connectivity index (χ4v) is 2.66. The van der Waals surface area contributed by atoms with Gasteiger partial charge >= 0.3 is 0 Å². The fourth-order valence-electron chi connectivity index (χ4n) is 2.66. The number of aliphatic hydroxyl groups is 1. The normalized spacial score (nSPS) is 20.5. The van der Waals surface area contributed by atoms with Crippen molar-refractivity contribution in [3.8, 4) is 6.07 Å². The molecule has 2 fully saturated rings. The summed E-state index contributed by atoms with van der Waals surface area (Å²) in [6.45, 7) is 0. The molecule has 0 spiro atoms. The highest BCUT2D eigenvalue weighted by molar-refractivity contribution is 5.36. The van der Waals surface area contributed by atoms with Crippen molar-refractivity contribution >= 4 is 0 Å². The lowest BCUT2D eigenvalue weighted by Gasteiger charge is -2.29. The second-order valence-electron chi connectivity index (χ2n) is 5.06. The first kappa shape index (κ1) is 9.86. The van der Waals surface area contributed by atoms with Gasteiger partial charge in [-0.3, -0.25) is 0 Å². The van der Waals surface area contributed by atoms with Crippen molar-refractivity contribution < 1.29 is 5.11 Å². The Hall–Kier alpha value is -1.33. The molecule has 0 aliphatic heterocycles. The molecule has 2 heteroatoms. The summed E-state index contributed by atoms with van der Waals surface area (Å²) in [5.74, 6) is 0.904. The van der Waals surface area contributed by atoms with E-state index >= 15 is 0 Å². The van der Waals surface area contributed by atoms with Gasteiger partial charge in [0.2, 0.25) is 0 Å². The molecule has 2 aliphatic carbocycles. The van der Waals surface area contributed by atoms with Crippen molar-refractivity contribution in [2.75, 3.05) is 0 Å². The van der Waals surface area contributed by atoms with E-state index in [2.05, 4.69) is 6.07 Å². The summed E-state index contributed by atoms with van der Waals surface area (Å²) in [5.41, 5.74) is 1.07. The molecule has 82 valence electrons. The van der Waals surface area contributed by atoms with E-state index in [0.29, 0.717) is 17.4 Å². The summed E-state index contributed by atoms with van der Waals surface area (Å²) in [6, 6.07) is 9.59. The molecule has 0 aromatic heterocycles. The molecule has 0 amide bonds. The first-order chi connectivity index (χ1) is 7.75. The fraction of sp³-hybridized carbons (Fsp3) is 0.500. The Labute approximate surface area is 95.5 Å². The molecule has 1 aromatic carbocycles. The largest absolute Gasteiger partial charge is 0.385 e. The van der Waals surface area contributed by atoms with Gasteiger partial charge in [0.25, 0.3) is 0 Å². The van der Waals surface area contributed by atoms with Crippen LogP contribution in [0, 0.1) is 23.2 Å².